The molecule has 4 rings (SSSR count). The highest BCUT2D eigenvalue weighted by molar-refractivity contribution is 7.08. The van der Waals surface area contributed by atoms with Crippen molar-refractivity contribution in [3.63, 3.8) is 0 Å². The molecule has 2 aromatic rings. The van der Waals surface area contributed by atoms with Crippen LogP contribution in [0.1, 0.15) is 43.2 Å². The molecule has 0 saturated carbocycles. The lowest BCUT2D eigenvalue weighted by Crippen LogP contribution is -2.39. The lowest BCUT2D eigenvalue weighted by atomic mass is 9.89. The van der Waals surface area contributed by atoms with Crippen molar-refractivity contribution in [2.45, 2.75) is 38.6 Å². The average Bonchev–Trinajstić information content (AvgIpc) is 3.42. The van der Waals surface area contributed by atoms with Gasteiger partial charge in [0.15, 0.2) is 0 Å². The molecule has 3 nitrogen and oxygen atoms in total. The summed E-state index contributed by atoms with van der Waals surface area (Å²) in [5, 5.41) is 6.03. The van der Waals surface area contributed by atoms with Crippen molar-refractivity contribution in [1.29, 1.82) is 0 Å². The summed E-state index contributed by atoms with van der Waals surface area (Å²) < 4.78 is 5.80. The van der Waals surface area contributed by atoms with Crippen LogP contribution in [-0.2, 0) is 11.3 Å². The number of rotatable bonds is 9. The zero-order valence-electron chi connectivity index (χ0n) is 18.4. The number of likely N-dealkylation sites (tertiary alicyclic amines) is 2. The van der Waals surface area contributed by atoms with E-state index in [0.29, 0.717) is 16.9 Å². The van der Waals surface area contributed by atoms with Gasteiger partial charge in [0.2, 0.25) is 0 Å². The Morgan fingerprint density at radius 1 is 1.10 bits per heavy atom. The summed E-state index contributed by atoms with van der Waals surface area (Å²) in [6, 6.07) is 8.19. The molecule has 2 saturated heterocycles. The van der Waals surface area contributed by atoms with Crippen molar-refractivity contribution in [3.05, 3.63) is 56.2 Å². The first-order valence-electron chi connectivity index (χ1n) is 11.6. The molecule has 31 heavy (non-hydrogen) atoms. The van der Waals surface area contributed by atoms with Crippen molar-refractivity contribution in [1.82, 2.24) is 9.80 Å². The molecule has 0 bridgehead atoms. The van der Waals surface area contributed by atoms with E-state index in [1.807, 2.05) is 23.5 Å². The van der Waals surface area contributed by atoms with Crippen LogP contribution in [0.3, 0.4) is 0 Å². The second kappa shape index (κ2) is 11.5. The normalized spacial score (nSPS) is 23.6. The monoisotopic (exact) mass is 480 g/mol. The molecule has 170 valence electrons. The first kappa shape index (κ1) is 23.5. The maximum atomic E-state index is 6.47. The summed E-state index contributed by atoms with van der Waals surface area (Å²) in [5.41, 5.74) is 2.67. The van der Waals surface area contributed by atoms with Gasteiger partial charge in [0.05, 0.1) is 0 Å². The summed E-state index contributed by atoms with van der Waals surface area (Å²) in [5.74, 6) is 2.00. The quantitative estimate of drug-likeness (QED) is 0.385. The molecule has 2 unspecified atom stereocenters. The number of piperidine rings is 1. The summed E-state index contributed by atoms with van der Waals surface area (Å²) in [7, 11) is 0. The fourth-order valence-corrected chi connectivity index (χ4v) is 6.28. The van der Waals surface area contributed by atoms with Crippen LogP contribution in [0.5, 0.6) is 0 Å². The Bertz CT molecular complexity index is 808. The van der Waals surface area contributed by atoms with Gasteiger partial charge in [-0.1, -0.05) is 36.2 Å². The van der Waals surface area contributed by atoms with Gasteiger partial charge in [0.25, 0.3) is 0 Å². The highest BCUT2D eigenvalue weighted by Gasteiger charge is 2.35. The standard InChI is InChI=1S/C25H34Cl2N2OS/c1-2-10-30-17-19-5-8-28(9-6-19)14-22-15-29(16-24(22)21-7-11-31-18-21)13-20-3-4-23(26)12-25(20)27/h3-4,7,11-12,18-19,22,24H,2,5-6,8-10,13-17H2,1H3. The Kier molecular flexibility index (Phi) is 8.72. The topological polar surface area (TPSA) is 15.7 Å². The van der Waals surface area contributed by atoms with Crippen molar-refractivity contribution in [2.24, 2.45) is 11.8 Å². The van der Waals surface area contributed by atoms with Gasteiger partial charge >= 0.3 is 0 Å². The van der Waals surface area contributed by atoms with E-state index in [2.05, 4.69) is 39.6 Å². The Balaban J connectivity index is 1.35. The molecule has 6 heteroatoms. The molecule has 1 aromatic carbocycles. The Morgan fingerprint density at radius 3 is 2.65 bits per heavy atom. The van der Waals surface area contributed by atoms with E-state index in [1.54, 1.807) is 0 Å². The number of benzene rings is 1. The lowest BCUT2D eigenvalue weighted by molar-refractivity contribution is 0.0632. The number of ether oxygens (including phenoxy) is 1. The largest absolute Gasteiger partial charge is 0.381 e. The maximum absolute atomic E-state index is 6.47. The van der Waals surface area contributed by atoms with Gasteiger partial charge in [-0.05, 0) is 84.3 Å². The molecule has 3 heterocycles. The summed E-state index contributed by atoms with van der Waals surface area (Å²) in [4.78, 5) is 5.27. The number of halogens is 2. The Morgan fingerprint density at radius 2 is 1.94 bits per heavy atom. The second-order valence-electron chi connectivity index (χ2n) is 9.17. The zero-order chi connectivity index (χ0) is 21.6. The first-order chi connectivity index (χ1) is 15.1. The molecule has 2 aliphatic heterocycles. The van der Waals surface area contributed by atoms with Gasteiger partial charge in [-0.15, -0.1) is 0 Å². The van der Waals surface area contributed by atoms with Crippen LogP contribution in [0, 0.1) is 11.8 Å². The highest BCUT2D eigenvalue weighted by Crippen LogP contribution is 2.36. The third-order valence-corrected chi connectivity index (χ3v) is 8.09. The predicted molar refractivity (Wildman–Crippen MR) is 133 cm³/mol. The number of nitrogens with zero attached hydrogens (tertiary/aromatic N) is 2. The van der Waals surface area contributed by atoms with E-state index < -0.39 is 0 Å². The molecule has 2 fully saturated rings. The van der Waals surface area contributed by atoms with E-state index >= 15 is 0 Å². The fourth-order valence-electron chi connectivity index (χ4n) is 5.09. The molecule has 0 N–H and O–H groups in total. The van der Waals surface area contributed by atoms with Crippen LogP contribution in [0.4, 0.5) is 0 Å². The highest BCUT2D eigenvalue weighted by atomic mass is 35.5. The number of hydrogen-bond donors (Lipinski definition) is 0. The third kappa shape index (κ3) is 6.46. The molecule has 1 aromatic heterocycles. The molecule has 0 spiro atoms. The van der Waals surface area contributed by atoms with E-state index in [0.717, 1.165) is 50.2 Å². The van der Waals surface area contributed by atoms with E-state index in [4.69, 9.17) is 27.9 Å². The van der Waals surface area contributed by atoms with Crippen molar-refractivity contribution in [2.75, 3.05) is 45.9 Å². The minimum atomic E-state index is 0.600. The lowest BCUT2D eigenvalue weighted by Gasteiger charge is -2.34. The summed E-state index contributed by atoms with van der Waals surface area (Å²) in [6.45, 7) is 10.7. The van der Waals surface area contributed by atoms with Gasteiger partial charge < -0.3 is 9.64 Å². The van der Waals surface area contributed by atoms with Crippen LogP contribution in [0.25, 0.3) is 0 Å². The second-order valence-corrected chi connectivity index (χ2v) is 10.8. The van der Waals surface area contributed by atoms with Crippen molar-refractivity contribution < 1.29 is 4.74 Å². The number of thiophene rings is 1. The zero-order valence-corrected chi connectivity index (χ0v) is 20.8. The molecular formula is C25H34Cl2N2OS. The van der Waals surface area contributed by atoms with E-state index in [1.165, 1.54) is 43.6 Å². The SMILES string of the molecule is CCCOCC1CCN(CC2CN(Cc3ccc(Cl)cc3Cl)CC2c2ccsc2)CC1. The minimum Gasteiger partial charge on any atom is -0.381 e. The third-order valence-electron chi connectivity index (χ3n) is 6.80. The van der Waals surface area contributed by atoms with Crippen molar-refractivity contribution >= 4 is 34.5 Å². The Labute approximate surface area is 201 Å². The minimum absolute atomic E-state index is 0.600. The first-order valence-corrected chi connectivity index (χ1v) is 13.3. The van der Waals surface area contributed by atoms with Gasteiger partial charge in [-0.3, -0.25) is 4.90 Å². The molecule has 0 amide bonds. The van der Waals surface area contributed by atoms with Gasteiger partial charge in [-0.2, -0.15) is 11.3 Å². The van der Waals surface area contributed by atoms with Crippen molar-refractivity contribution in [3.8, 4) is 0 Å². The molecule has 0 radical (unpaired) electrons. The average molecular weight is 482 g/mol. The molecule has 0 aliphatic carbocycles. The smallest absolute Gasteiger partial charge is 0.0495 e. The maximum Gasteiger partial charge on any atom is 0.0495 e. The molecule has 2 aliphatic rings. The summed E-state index contributed by atoms with van der Waals surface area (Å²) in [6.07, 6.45) is 3.65. The van der Waals surface area contributed by atoms with Gasteiger partial charge in [0, 0.05) is 55.4 Å². The molecular weight excluding hydrogens is 447 g/mol. The Hall–Kier alpha value is -0.620. The van der Waals surface area contributed by atoms with Crippen LogP contribution in [0.2, 0.25) is 10.0 Å². The molecule has 2 atom stereocenters. The fraction of sp³-hybridized carbons (Fsp3) is 0.600. The van der Waals surface area contributed by atoms with Crippen LogP contribution < -0.4 is 0 Å². The summed E-state index contributed by atoms with van der Waals surface area (Å²) >= 11 is 14.4. The van der Waals surface area contributed by atoms with E-state index in [9.17, 15) is 0 Å². The number of hydrogen-bond acceptors (Lipinski definition) is 4. The van der Waals surface area contributed by atoms with Crippen LogP contribution >= 0.6 is 34.5 Å². The van der Waals surface area contributed by atoms with Gasteiger partial charge in [0.1, 0.15) is 0 Å². The van der Waals surface area contributed by atoms with Crippen LogP contribution in [-0.4, -0.2) is 55.7 Å². The van der Waals surface area contributed by atoms with Gasteiger partial charge in [-0.25, -0.2) is 0 Å². The van der Waals surface area contributed by atoms with Crippen LogP contribution in [0.15, 0.2) is 35.0 Å². The predicted octanol–water partition coefficient (Wildman–Crippen LogP) is 6.41. The van der Waals surface area contributed by atoms with E-state index in [-0.39, 0.29) is 0 Å².